The van der Waals surface area contributed by atoms with Gasteiger partial charge in [-0.1, -0.05) is 94.4 Å². The van der Waals surface area contributed by atoms with Crippen LogP contribution in [0.5, 0.6) is 0 Å². The van der Waals surface area contributed by atoms with Crippen molar-refractivity contribution in [3.8, 4) is 16.9 Å². The number of rotatable bonds is 6. The molecular formula is C28H31N. The van der Waals surface area contributed by atoms with E-state index in [4.69, 9.17) is 0 Å². The van der Waals surface area contributed by atoms with Crippen LogP contribution in [0.25, 0.3) is 27.8 Å². The second kappa shape index (κ2) is 8.29. The fourth-order valence-electron chi connectivity index (χ4n) is 4.36. The Balaban J connectivity index is 2.06. The first-order valence-electron chi connectivity index (χ1n) is 10.8. The normalized spacial score (nSPS) is 11.7. The van der Waals surface area contributed by atoms with E-state index in [-0.39, 0.29) is 0 Å². The Morgan fingerprint density at radius 2 is 1.24 bits per heavy atom. The summed E-state index contributed by atoms with van der Waals surface area (Å²) >= 11 is 0. The van der Waals surface area contributed by atoms with Crippen LogP contribution in [0.4, 0.5) is 0 Å². The van der Waals surface area contributed by atoms with E-state index < -0.39 is 0 Å². The van der Waals surface area contributed by atoms with Crippen LogP contribution >= 0.6 is 0 Å². The molecule has 0 aliphatic heterocycles. The van der Waals surface area contributed by atoms with Gasteiger partial charge in [0.2, 0.25) is 0 Å². The fraction of sp³-hybridized carbons (Fsp3) is 0.286. The summed E-state index contributed by atoms with van der Waals surface area (Å²) in [4.78, 5) is 0. The summed E-state index contributed by atoms with van der Waals surface area (Å²) in [6.45, 7) is 9.24. The standard InChI is InChI=1S/C28H31N/c1-20(2)17-24-14-10-15-25(18-21(3)4)28(24)29-26-16-9-8-13-23(26)19-27(29)22-11-6-5-7-12-22/h5-16,19-21H,17-18H2,1-4H3. The molecule has 0 fully saturated rings. The van der Waals surface area contributed by atoms with Gasteiger partial charge in [-0.3, -0.25) is 0 Å². The second-order valence-corrected chi connectivity index (χ2v) is 8.91. The molecule has 1 heteroatoms. The summed E-state index contributed by atoms with van der Waals surface area (Å²) in [5.41, 5.74) is 8.09. The summed E-state index contributed by atoms with van der Waals surface area (Å²) < 4.78 is 2.51. The van der Waals surface area contributed by atoms with Gasteiger partial charge < -0.3 is 4.57 Å². The molecule has 3 aromatic carbocycles. The Bertz CT molecular complexity index is 1070. The van der Waals surface area contributed by atoms with Gasteiger partial charge in [0.25, 0.3) is 0 Å². The zero-order valence-electron chi connectivity index (χ0n) is 18.0. The lowest BCUT2D eigenvalue weighted by Crippen LogP contribution is -2.09. The highest BCUT2D eigenvalue weighted by Gasteiger charge is 2.19. The van der Waals surface area contributed by atoms with Gasteiger partial charge in [0.05, 0.1) is 16.9 Å². The van der Waals surface area contributed by atoms with Crippen LogP contribution in [0.1, 0.15) is 38.8 Å². The molecule has 1 heterocycles. The summed E-state index contributed by atoms with van der Waals surface area (Å²) in [5.74, 6) is 1.23. The van der Waals surface area contributed by atoms with Gasteiger partial charge in [0, 0.05) is 5.39 Å². The van der Waals surface area contributed by atoms with Crippen molar-refractivity contribution in [3.63, 3.8) is 0 Å². The second-order valence-electron chi connectivity index (χ2n) is 8.91. The minimum Gasteiger partial charge on any atom is -0.309 e. The van der Waals surface area contributed by atoms with Gasteiger partial charge in [-0.15, -0.1) is 0 Å². The zero-order chi connectivity index (χ0) is 20.4. The topological polar surface area (TPSA) is 4.93 Å². The Kier molecular flexibility index (Phi) is 5.58. The smallest absolute Gasteiger partial charge is 0.0541 e. The average molecular weight is 382 g/mol. The molecule has 1 aromatic heterocycles. The molecule has 0 N–H and O–H groups in total. The van der Waals surface area contributed by atoms with Crippen molar-refractivity contribution < 1.29 is 0 Å². The lowest BCUT2D eigenvalue weighted by atomic mass is 9.93. The molecule has 4 aromatic rings. The minimum absolute atomic E-state index is 0.616. The summed E-state index contributed by atoms with van der Waals surface area (Å²) in [5, 5.41) is 1.29. The monoisotopic (exact) mass is 381 g/mol. The van der Waals surface area contributed by atoms with Gasteiger partial charge in [-0.25, -0.2) is 0 Å². The molecule has 1 nitrogen and oxygen atoms in total. The first kappa shape index (κ1) is 19.5. The van der Waals surface area contributed by atoms with Crippen molar-refractivity contribution in [2.45, 2.75) is 40.5 Å². The number of fused-ring (bicyclic) bond motifs is 1. The molecule has 29 heavy (non-hydrogen) atoms. The Morgan fingerprint density at radius 3 is 1.86 bits per heavy atom. The van der Waals surface area contributed by atoms with E-state index in [0.717, 1.165) is 12.8 Å². The van der Waals surface area contributed by atoms with Crippen LogP contribution in [0.3, 0.4) is 0 Å². The number of hydrogen-bond donors (Lipinski definition) is 0. The van der Waals surface area contributed by atoms with Crippen molar-refractivity contribution in [2.75, 3.05) is 0 Å². The molecule has 0 bridgehead atoms. The molecule has 0 saturated carbocycles. The maximum absolute atomic E-state index is 2.51. The molecule has 0 atom stereocenters. The van der Waals surface area contributed by atoms with E-state index in [1.54, 1.807) is 0 Å². The Hall–Kier alpha value is -2.80. The summed E-state index contributed by atoms with van der Waals surface area (Å²) in [6, 6.07) is 28.8. The van der Waals surface area contributed by atoms with Gasteiger partial charge in [0.1, 0.15) is 0 Å². The number of benzene rings is 3. The quantitative estimate of drug-likeness (QED) is 0.322. The number of para-hydroxylation sites is 2. The predicted octanol–water partition coefficient (Wildman–Crippen LogP) is 7.69. The van der Waals surface area contributed by atoms with Crippen LogP contribution in [0, 0.1) is 11.8 Å². The number of aromatic nitrogens is 1. The summed E-state index contributed by atoms with van der Waals surface area (Å²) in [7, 11) is 0. The van der Waals surface area contributed by atoms with Crippen LogP contribution in [-0.4, -0.2) is 4.57 Å². The highest BCUT2D eigenvalue weighted by Crippen LogP contribution is 2.35. The van der Waals surface area contributed by atoms with E-state index in [0.29, 0.717) is 11.8 Å². The molecule has 0 amide bonds. The van der Waals surface area contributed by atoms with E-state index in [1.807, 2.05) is 0 Å². The van der Waals surface area contributed by atoms with E-state index in [2.05, 4.69) is 111 Å². The van der Waals surface area contributed by atoms with Crippen LogP contribution in [0.2, 0.25) is 0 Å². The molecule has 148 valence electrons. The maximum Gasteiger partial charge on any atom is 0.0541 e. The van der Waals surface area contributed by atoms with Crippen LogP contribution in [0.15, 0.2) is 78.9 Å². The van der Waals surface area contributed by atoms with E-state index in [1.165, 1.54) is 39.0 Å². The third-order valence-corrected chi connectivity index (χ3v) is 5.46. The van der Waals surface area contributed by atoms with Crippen molar-refractivity contribution in [2.24, 2.45) is 11.8 Å². The molecule has 0 spiro atoms. The van der Waals surface area contributed by atoms with E-state index in [9.17, 15) is 0 Å². The third kappa shape index (κ3) is 4.00. The zero-order valence-corrected chi connectivity index (χ0v) is 18.0. The van der Waals surface area contributed by atoms with Crippen LogP contribution in [-0.2, 0) is 12.8 Å². The molecule has 0 aliphatic carbocycles. The average Bonchev–Trinajstić information content (AvgIpc) is 3.07. The van der Waals surface area contributed by atoms with Crippen molar-refractivity contribution >= 4 is 10.9 Å². The molecule has 0 aliphatic rings. The van der Waals surface area contributed by atoms with Gasteiger partial charge in [-0.2, -0.15) is 0 Å². The first-order valence-corrected chi connectivity index (χ1v) is 10.8. The largest absolute Gasteiger partial charge is 0.309 e. The molecule has 0 saturated heterocycles. The van der Waals surface area contributed by atoms with Crippen LogP contribution < -0.4 is 0 Å². The van der Waals surface area contributed by atoms with Crippen molar-refractivity contribution in [1.29, 1.82) is 0 Å². The minimum atomic E-state index is 0.616. The van der Waals surface area contributed by atoms with Gasteiger partial charge in [-0.05, 0) is 53.5 Å². The molecule has 0 radical (unpaired) electrons. The van der Waals surface area contributed by atoms with Crippen molar-refractivity contribution in [3.05, 3.63) is 90.0 Å². The lowest BCUT2D eigenvalue weighted by Gasteiger charge is -2.22. The van der Waals surface area contributed by atoms with Crippen molar-refractivity contribution in [1.82, 2.24) is 4.57 Å². The third-order valence-electron chi connectivity index (χ3n) is 5.46. The predicted molar refractivity (Wildman–Crippen MR) is 126 cm³/mol. The van der Waals surface area contributed by atoms with Gasteiger partial charge in [0.15, 0.2) is 0 Å². The number of nitrogens with zero attached hydrogens (tertiary/aromatic N) is 1. The number of hydrogen-bond acceptors (Lipinski definition) is 0. The van der Waals surface area contributed by atoms with Gasteiger partial charge >= 0.3 is 0 Å². The maximum atomic E-state index is 2.51. The highest BCUT2D eigenvalue weighted by molar-refractivity contribution is 5.89. The molecular weight excluding hydrogens is 350 g/mol. The fourth-order valence-corrected chi connectivity index (χ4v) is 4.36. The molecule has 0 unspecified atom stereocenters. The highest BCUT2D eigenvalue weighted by atomic mass is 15.0. The SMILES string of the molecule is CC(C)Cc1cccc(CC(C)C)c1-n1c(-c2ccccc2)cc2ccccc21. The lowest BCUT2D eigenvalue weighted by molar-refractivity contribution is 0.632. The Labute approximate surface area is 175 Å². The Morgan fingerprint density at radius 1 is 0.655 bits per heavy atom. The van der Waals surface area contributed by atoms with E-state index >= 15 is 0 Å². The first-order chi connectivity index (χ1) is 14.0. The molecule has 4 rings (SSSR count). The summed E-state index contributed by atoms with van der Waals surface area (Å²) in [6.07, 6.45) is 2.17.